The lowest BCUT2D eigenvalue weighted by Crippen LogP contribution is -2.12. The lowest BCUT2D eigenvalue weighted by atomic mass is 10.2. The minimum Gasteiger partial charge on any atom is -0.477 e. The van der Waals surface area contributed by atoms with Crippen molar-refractivity contribution in [1.29, 1.82) is 0 Å². The predicted molar refractivity (Wildman–Crippen MR) is 105 cm³/mol. The molecule has 144 valence electrons. The molecule has 0 spiro atoms. The fourth-order valence-electron chi connectivity index (χ4n) is 3.35. The number of rotatable bonds is 5. The molecule has 4 aromatic rings. The van der Waals surface area contributed by atoms with Gasteiger partial charge in [-0.05, 0) is 17.7 Å². The Bertz CT molecular complexity index is 1220. The molecule has 4 heterocycles. The van der Waals surface area contributed by atoms with E-state index in [-0.39, 0.29) is 5.56 Å². The summed E-state index contributed by atoms with van der Waals surface area (Å²) in [6, 6.07) is 13.4. The Hall–Kier alpha value is -4.01. The summed E-state index contributed by atoms with van der Waals surface area (Å²) >= 11 is 0. The molecular formula is C20H17N7O2. The molecule has 9 nitrogen and oxygen atoms in total. The average Bonchev–Trinajstić information content (AvgIpc) is 3.39. The van der Waals surface area contributed by atoms with Gasteiger partial charge in [0, 0.05) is 19.2 Å². The van der Waals surface area contributed by atoms with E-state index < -0.39 is 5.91 Å². The number of aromatic nitrogens is 5. The van der Waals surface area contributed by atoms with Gasteiger partial charge in [-0.3, -0.25) is 9.20 Å². The number of anilines is 1. The van der Waals surface area contributed by atoms with Gasteiger partial charge in [0.05, 0.1) is 17.7 Å². The third kappa shape index (κ3) is 3.02. The van der Waals surface area contributed by atoms with Crippen LogP contribution >= 0.6 is 0 Å². The van der Waals surface area contributed by atoms with Gasteiger partial charge >= 0.3 is 0 Å². The number of benzene rings is 1. The number of ether oxygens (including phenoxy) is 1. The van der Waals surface area contributed by atoms with Crippen molar-refractivity contribution in [3.05, 3.63) is 65.4 Å². The number of fused-ring (bicyclic) bond motifs is 2. The van der Waals surface area contributed by atoms with E-state index in [2.05, 4.69) is 25.5 Å². The zero-order valence-electron chi connectivity index (χ0n) is 15.4. The molecule has 0 fully saturated rings. The van der Waals surface area contributed by atoms with Gasteiger partial charge in [-0.2, -0.15) is 4.98 Å². The van der Waals surface area contributed by atoms with E-state index in [1.165, 1.54) is 0 Å². The average molecular weight is 387 g/mol. The maximum absolute atomic E-state index is 11.7. The molecule has 3 aromatic heterocycles. The van der Waals surface area contributed by atoms with Crippen molar-refractivity contribution in [1.82, 2.24) is 24.6 Å². The first-order valence-corrected chi connectivity index (χ1v) is 9.16. The number of nitrogens with zero attached hydrogens (tertiary/aromatic N) is 5. The molecule has 29 heavy (non-hydrogen) atoms. The first-order valence-electron chi connectivity index (χ1n) is 9.16. The van der Waals surface area contributed by atoms with Crippen LogP contribution in [0.2, 0.25) is 0 Å². The van der Waals surface area contributed by atoms with Crippen LogP contribution in [0.4, 0.5) is 5.82 Å². The van der Waals surface area contributed by atoms with Gasteiger partial charge in [0.15, 0.2) is 5.65 Å². The number of nitrogens with one attached hydrogen (secondary N) is 1. The van der Waals surface area contributed by atoms with Gasteiger partial charge in [-0.25, -0.2) is 4.98 Å². The summed E-state index contributed by atoms with van der Waals surface area (Å²) < 4.78 is 7.33. The summed E-state index contributed by atoms with van der Waals surface area (Å²) in [5, 5.41) is 11.7. The van der Waals surface area contributed by atoms with Crippen LogP contribution in [0.3, 0.4) is 0 Å². The van der Waals surface area contributed by atoms with E-state index in [0.29, 0.717) is 42.1 Å². The van der Waals surface area contributed by atoms with Crippen LogP contribution in [-0.2, 0) is 13.0 Å². The van der Waals surface area contributed by atoms with E-state index >= 15 is 0 Å². The summed E-state index contributed by atoms with van der Waals surface area (Å²) in [6.45, 7) is 1.18. The smallest absolute Gasteiger partial charge is 0.252 e. The quantitative estimate of drug-likeness (QED) is 0.536. The molecule has 1 aromatic carbocycles. The minimum atomic E-state index is -0.571. The van der Waals surface area contributed by atoms with Gasteiger partial charge in [0.1, 0.15) is 5.82 Å². The second-order valence-electron chi connectivity index (χ2n) is 6.62. The first-order chi connectivity index (χ1) is 14.2. The van der Waals surface area contributed by atoms with Crippen molar-refractivity contribution < 1.29 is 9.53 Å². The van der Waals surface area contributed by atoms with Crippen molar-refractivity contribution in [3.63, 3.8) is 0 Å². The summed E-state index contributed by atoms with van der Waals surface area (Å²) in [5.74, 6) is 1.43. The molecule has 5 rings (SSSR count). The highest BCUT2D eigenvalue weighted by Gasteiger charge is 2.24. The van der Waals surface area contributed by atoms with Crippen LogP contribution in [0.25, 0.3) is 17.3 Å². The Kier molecular flexibility index (Phi) is 4.05. The molecular weight excluding hydrogens is 370 g/mol. The van der Waals surface area contributed by atoms with E-state index in [4.69, 9.17) is 10.5 Å². The van der Waals surface area contributed by atoms with Crippen LogP contribution in [0.5, 0.6) is 5.88 Å². The zero-order chi connectivity index (χ0) is 19.8. The number of carbonyl (C=O) groups excluding carboxylic acids is 1. The molecule has 0 bridgehead atoms. The third-order valence-corrected chi connectivity index (χ3v) is 4.76. The topological polar surface area (TPSA) is 120 Å². The number of amides is 1. The van der Waals surface area contributed by atoms with Crippen LogP contribution in [0, 0.1) is 0 Å². The Morgan fingerprint density at radius 2 is 2.00 bits per heavy atom. The summed E-state index contributed by atoms with van der Waals surface area (Å²) in [4.78, 5) is 20.9. The maximum atomic E-state index is 11.7. The van der Waals surface area contributed by atoms with Crippen LogP contribution in [-0.4, -0.2) is 37.1 Å². The predicted octanol–water partition coefficient (Wildman–Crippen LogP) is 1.83. The minimum absolute atomic E-state index is 0.283. The second kappa shape index (κ2) is 6.86. The monoisotopic (exact) mass is 387 g/mol. The highest BCUT2D eigenvalue weighted by Crippen LogP contribution is 2.31. The van der Waals surface area contributed by atoms with Crippen molar-refractivity contribution in [2.45, 2.75) is 13.0 Å². The van der Waals surface area contributed by atoms with Crippen molar-refractivity contribution in [2.24, 2.45) is 5.73 Å². The van der Waals surface area contributed by atoms with Crippen molar-refractivity contribution in [2.75, 3.05) is 11.9 Å². The van der Waals surface area contributed by atoms with Crippen molar-refractivity contribution in [3.8, 4) is 17.5 Å². The molecule has 0 saturated carbocycles. The van der Waals surface area contributed by atoms with Crippen LogP contribution < -0.4 is 15.8 Å². The summed E-state index contributed by atoms with van der Waals surface area (Å²) in [5.41, 5.74) is 8.16. The van der Waals surface area contributed by atoms with E-state index in [1.54, 1.807) is 22.7 Å². The summed E-state index contributed by atoms with van der Waals surface area (Å²) in [7, 11) is 0. The van der Waals surface area contributed by atoms with E-state index in [0.717, 1.165) is 17.5 Å². The molecule has 1 aliphatic rings. The van der Waals surface area contributed by atoms with Crippen molar-refractivity contribution >= 4 is 17.4 Å². The zero-order valence-corrected chi connectivity index (χ0v) is 15.4. The Labute approximate surface area is 165 Å². The standard InChI is InChI=1S/C20H17N7O2/c21-15(28)13-7-4-9-27-18(13)25-26-19(27)17-23-16(14-8-10-29-20(14)24-17)22-11-12-5-2-1-3-6-12/h1-7,9H,8,10-11H2,(H2,21,28)(H,22,23,24). The number of pyridine rings is 1. The lowest BCUT2D eigenvalue weighted by molar-refractivity contribution is 0.100. The summed E-state index contributed by atoms with van der Waals surface area (Å²) in [6.07, 6.45) is 2.48. The molecule has 0 atom stereocenters. The van der Waals surface area contributed by atoms with Gasteiger partial charge in [0.25, 0.3) is 5.91 Å². The molecule has 3 N–H and O–H groups in total. The van der Waals surface area contributed by atoms with Gasteiger partial charge in [0.2, 0.25) is 17.5 Å². The first kappa shape index (κ1) is 17.1. The molecule has 0 aliphatic carbocycles. The third-order valence-electron chi connectivity index (χ3n) is 4.76. The normalized spacial score (nSPS) is 12.6. The number of primary amides is 1. The van der Waals surface area contributed by atoms with Gasteiger partial charge in [-0.15, -0.1) is 10.2 Å². The number of hydrogen-bond acceptors (Lipinski definition) is 7. The molecule has 0 radical (unpaired) electrons. The Morgan fingerprint density at radius 3 is 2.83 bits per heavy atom. The number of nitrogens with two attached hydrogens (primary N) is 1. The molecule has 1 amide bonds. The molecule has 0 unspecified atom stereocenters. The highest BCUT2D eigenvalue weighted by molar-refractivity contribution is 5.98. The Balaban J connectivity index is 1.57. The van der Waals surface area contributed by atoms with Gasteiger partial charge < -0.3 is 15.8 Å². The SMILES string of the molecule is NC(=O)c1cccn2c(-c3nc(NCc4ccccc4)c4c(n3)OCC4)nnc12. The molecule has 9 heteroatoms. The molecule has 0 saturated heterocycles. The van der Waals surface area contributed by atoms with Crippen LogP contribution in [0.15, 0.2) is 48.7 Å². The van der Waals surface area contributed by atoms with Gasteiger partial charge in [-0.1, -0.05) is 30.3 Å². The maximum Gasteiger partial charge on any atom is 0.252 e. The Morgan fingerprint density at radius 1 is 1.14 bits per heavy atom. The number of carbonyl (C=O) groups is 1. The largest absolute Gasteiger partial charge is 0.477 e. The highest BCUT2D eigenvalue weighted by atomic mass is 16.5. The lowest BCUT2D eigenvalue weighted by Gasteiger charge is -2.11. The van der Waals surface area contributed by atoms with E-state index in [1.807, 2.05) is 30.3 Å². The fraction of sp³-hybridized carbons (Fsp3) is 0.150. The number of hydrogen-bond donors (Lipinski definition) is 2. The van der Waals surface area contributed by atoms with E-state index in [9.17, 15) is 4.79 Å². The fourth-order valence-corrected chi connectivity index (χ4v) is 3.35. The second-order valence-corrected chi connectivity index (χ2v) is 6.62. The van der Waals surface area contributed by atoms with Crippen LogP contribution in [0.1, 0.15) is 21.5 Å². The molecule has 1 aliphatic heterocycles.